The molecule has 2 aliphatic heterocycles. The Labute approximate surface area is 205 Å². The van der Waals surface area contributed by atoms with E-state index in [0.717, 1.165) is 18.6 Å². The highest BCUT2D eigenvalue weighted by molar-refractivity contribution is 8.13. The minimum Gasteiger partial charge on any atom is -0.356 e. The topological polar surface area (TPSA) is 99.7 Å². The van der Waals surface area contributed by atoms with Crippen LogP contribution in [0.1, 0.15) is 43.0 Å². The number of nitrogens with zero attached hydrogens (tertiary/aromatic N) is 1. The lowest BCUT2D eigenvalue weighted by molar-refractivity contribution is -0.149. The fraction of sp³-hybridized carbons (Fsp3) is 0.304. The van der Waals surface area contributed by atoms with Crippen LogP contribution in [-0.2, 0) is 9.59 Å². The summed E-state index contributed by atoms with van der Waals surface area (Å²) in [7, 11) is 0. The molecule has 3 N–H and O–H groups in total. The molecule has 172 valence electrons. The first-order chi connectivity index (χ1) is 15.9. The molecule has 2 atom stereocenters. The molecule has 0 saturated carbocycles. The Balaban J connectivity index is 1.94. The van der Waals surface area contributed by atoms with Crippen LogP contribution in [0, 0.1) is 5.41 Å². The molecular formula is C23H22Cl2N4O3S. The minimum atomic E-state index is -1.79. The average Bonchev–Trinajstić information content (AvgIpc) is 2.77. The van der Waals surface area contributed by atoms with E-state index in [1.54, 1.807) is 48.5 Å². The first kappa shape index (κ1) is 23.6. The van der Waals surface area contributed by atoms with Crippen molar-refractivity contribution in [2.24, 2.45) is 10.4 Å². The third kappa shape index (κ3) is 4.47. The van der Waals surface area contributed by atoms with Crippen LogP contribution in [-0.4, -0.2) is 28.8 Å². The minimum absolute atomic E-state index is 0.448. The maximum atomic E-state index is 13.5. The lowest BCUT2D eigenvalue weighted by Crippen LogP contribution is -2.69. The number of unbranched alkanes of at least 4 members (excludes halogenated alkanes) is 1. The quantitative estimate of drug-likeness (QED) is 0.407. The Kier molecular flexibility index (Phi) is 6.97. The summed E-state index contributed by atoms with van der Waals surface area (Å²) in [4.78, 5) is 43.8. The summed E-state index contributed by atoms with van der Waals surface area (Å²) in [6.45, 7) is 2.10. The van der Waals surface area contributed by atoms with Crippen molar-refractivity contribution in [1.82, 2.24) is 16.0 Å². The van der Waals surface area contributed by atoms with Gasteiger partial charge in [0.2, 0.25) is 11.8 Å². The number of amidine groups is 1. The number of thioether (sulfide) groups is 1. The van der Waals surface area contributed by atoms with Crippen LogP contribution >= 0.6 is 35.0 Å². The van der Waals surface area contributed by atoms with Crippen LogP contribution < -0.4 is 16.0 Å². The molecule has 7 nitrogen and oxygen atoms in total. The lowest BCUT2D eigenvalue weighted by atomic mass is 9.66. The number of benzene rings is 2. The maximum absolute atomic E-state index is 13.5. The second kappa shape index (κ2) is 9.75. The molecule has 2 heterocycles. The number of aliphatic imine (C=N–C) groups is 1. The average molecular weight is 505 g/mol. The predicted octanol–water partition coefficient (Wildman–Crippen LogP) is 4.62. The van der Waals surface area contributed by atoms with E-state index in [-0.39, 0.29) is 0 Å². The molecule has 2 aromatic carbocycles. The van der Waals surface area contributed by atoms with Crippen LogP contribution in [0.4, 0.5) is 4.79 Å². The number of hydrogen-bond acceptors (Lipinski definition) is 6. The lowest BCUT2D eigenvalue weighted by Gasteiger charge is -2.47. The zero-order valence-corrected chi connectivity index (χ0v) is 20.1. The van der Waals surface area contributed by atoms with E-state index in [1.807, 2.05) is 0 Å². The smallest absolute Gasteiger partial charge is 0.328 e. The van der Waals surface area contributed by atoms with Crippen LogP contribution in [0.2, 0.25) is 10.0 Å². The van der Waals surface area contributed by atoms with E-state index in [0.29, 0.717) is 26.3 Å². The van der Waals surface area contributed by atoms with E-state index < -0.39 is 35.3 Å². The summed E-state index contributed by atoms with van der Waals surface area (Å²) < 4.78 is 0. The van der Waals surface area contributed by atoms with Crippen LogP contribution in [0.5, 0.6) is 0 Å². The molecule has 4 rings (SSSR count). The number of rotatable bonds is 5. The molecule has 2 aromatic rings. The number of halogens is 2. The van der Waals surface area contributed by atoms with E-state index >= 15 is 0 Å². The second-order valence-corrected chi connectivity index (χ2v) is 9.79. The number of carbonyl (C=O) groups is 3. The molecule has 1 spiro atoms. The summed E-state index contributed by atoms with van der Waals surface area (Å²) >= 11 is 14.0. The largest absolute Gasteiger partial charge is 0.356 e. The van der Waals surface area contributed by atoms with Gasteiger partial charge >= 0.3 is 6.03 Å². The first-order valence-electron chi connectivity index (χ1n) is 10.5. The summed E-state index contributed by atoms with van der Waals surface area (Å²) in [5.74, 6) is -0.656. The third-order valence-electron chi connectivity index (χ3n) is 5.69. The van der Waals surface area contributed by atoms with Gasteiger partial charge in [-0.1, -0.05) is 72.6 Å². The van der Waals surface area contributed by atoms with Crippen LogP contribution in [0.3, 0.4) is 0 Å². The van der Waals surface area contributed by atoms with Gasteiger partial charge in [-0.3, -0.25) is 25.2 Å². The van der Waals surface area contributed by atoms with Gasteiger partial charge in [-0.2, -0.15) is 0 Å². The van der Waals surface area contributed by atoms with Gasteiger partial charge < -0.3 is 5.32 Å². The van der Waals surface area contributed by atoms with Gasteiger partial charge in [0.05, 0.1) is 6.04 Å². The number of nitrogens with one attached hydrogen (secondary N) is 3. The van der Waals surface area contributed by atoms with Gasteiger partial charge in [0.25, 0.3) is 0 Å². The van der Waals surface area contributed by atoms with E-state index in [4.69, 9.17) is 28.2 Å². The van der Waals surface area contributed by atoms with Gasteiger partial charge in [-0.25, -0.2) is 4.79 Å². The van der Waals surface area contributed by atoms with E-state index in [9.17, 15) is 14.4 Å². The number of barbiturate groups is 1. The highest BCUT2D eigenvalue weighted by Gasteiger charge is 2.63. The third-order valence-corrected chi connectivity index (χ3v) is 7.15. The predicted molar refractivity (Wildman–Crippen MR) is 130 cm³/mol. The fourth-order valence-corrected chi connectivity index (χ4v) is 5.55. The molecular weight excluding hydrogens is 483 g/mol. The number of amides is 4. The molecule has 0 bridgehead atoms. The zero-order valence-electron chi connectivity index (χ0n) is 17.7. The van der Waals surface area contributed by atoms with Crippen molar-refractivity contribution in [3.8, 4) is 0 Å². The van der Waals surface area contributed by atoms with Crippen LogP contribution in [0.15, 0.2) is 53.5 Å². The first-order valence-corrected chi connectivity index (χ1v) is 12.2. The summed E-state index contributed by atoms with van der Waals surface area (Å²) in [6, 6.07) is 11.2. The summed E-state index contributed by atoms with van der Waals surface area (Å²) in [6.07, 6.45) is 2.00. The van der Waals surface area contributed by atoms with E-state index in [2.05, 4.69) is 22.9 Å². The Morgan fingerprint density at radius 2 is 1.58 bits per heavy atom. The van der Waals surface area contributed by atoms with Crippen molar-refractivity contribution in [3.05, 3.63) is 69.7 Å². The van der Waals surface area contributed by atoms with Gasteiger partial charge in [0.1, 0.15) is 6.04 Å². The van der Waals surface area contributed by atoms with E-state index in [1.165, 1.54) is 11.8 Å². The SMILES string of the molecule is CCCCSC1=NC(c2cccc(Cl)c2)C2(C(=O)NC(=O)NC2=O)C(c2cccc(Cl)c2)N1. The highest BCUT2D eigenvalue weighted by Crippen LogP contribution is 2.51. The molecule has 1 saturated heterocycles. The van der Waals surface area contributed by atoms with Crippen molar-refractivity contribution in [3.63, 3.8) is 0 Å². The van der Waals surface area contributed by atoms with Gasteiger partial charge in [-0.15, -0.1) is 0 Å². The number of carbonyl (C=O) groups excluding carboxylic acids is 3. The van der Waals surface area contributed by atoms with Crippen molar-refractivity contribution in [2.75, 3.05) is 5.75 Å². The Hall–Kier alpha value is -2.55. The highest BCUT2D eigenvalue weighted by atomic mass is 35.5. The number of imide groups is 2. The molecule has 0 aromatic heterocycles. The van der Waals surface area contributed by atoms with Gasteiger partial charge in [0, 0.05) is 15.8 Å². The second-order valence-electron chi connectivity index (χ2n) is 7.83. The molecule has 33 heavy (non-hydrogen) atoms. The van der Waals surface area contributed by atoms with Gasteiger partial charge in [-0.05, 0) is 41.8 Å². The molecule has 0 aliphatic carbocycles. The summed E-state index contributed by atoms with van der Waals surface area (Å²) in [5, 5.41) is 9.35. The Morgan fingerprint density at radius 3 is 2.18 bits per heavy atom. The molecule has 2 unspecified atom stereocenters. The standard InChI is InChI=1S/C23H22Cl2N4O3S/c1-2-3-10-33-22-26-17(13-6-4-8-15(24)11-13)23(19(30)28-21(32)29-20(23)31)18(27-22)14-7-5-9-16(25)12-14/h4-9,11-12,17-18H,2-3,10H2,1H3,(H,26,27)(H2,28,29,30,31,32). The Morgan fingerprint density at radius 1 is 0.970 bits per heavy atom. The monoisotopic (exact) mass is 504 g/mol. The summed E-state index contributed by atoms with van der Waals surface area (Å²) in [5.41, 5.74) is -0.583. The van der Waals surface area contributed by atoms with Crippen LogP contribution in [0.25, 0.3) is 0 Å². The fourth-order valence-electron chi connectivity index (χ4n) is 4.15. The van der Waals surface area contributed by atoms with Crippen molar-refractivity contribution >= 4 is 58.0 Å². The maximum Gasteiger partial charge on any atom is 0.328 e. The molecule has 10 heteroatoms. The molecule has 4 amide bonds. The normalized spacial score (nSPS) is 21.8. The number of hydrogen-bond donors (Lipinski definition) is 3. The van der Waals surface area contributed by atoms with Crippen molar-refractivity contribution in [2.45, 2.75) is 31.8 Å². The van der Waals surface area contributed by atoms with Gasteiger partial charge in [0.15, 0.2) is 10.6 Å². The van der Waals surface area contributed by atoms with Crippen molar-refractivity contribution in [1.29, 1.82) is 0 Å². The van der Waals surface area contributed by atoms with Crippen molar-refractivity contribution < 1.29 is 14.4 Å². The Bertz CT molecular complexity index is 1120. The zero-order chi connectivity index (χ0) is 23.6. The number of urea groups is 1. The molecule has 1 fully saturated rings. The molecule has 0 radical (unpaired) electrons. The molecule has 2 aliphatic rings.